The molecule has 1 aromatic carbocycles. The van der Waals surface area contributed by atoms with E-state index in [0.29, 0.717) is 11.8 Å². The first-order valence-corrected chi connectivity index (χ1v) is 5.93. The number of hydrogen-bond acceptors (Lipinski definition) is 1. The van der Waals surface area contributed by atoms with E-state index in [1.54, 1.807) is 0 Å². The Balaban J connectivity index is 3.06. The van der Waals surface area contributed by atoms with E-state index in [4.69, 9.17) is 17.3 Å². The van der Waals surface area contributed by atoms with Crippen LogP contribution in [0.4, 0.5) is 0 Å². The molecule has 1 atom stereocenters. The fourth-order valence-corrected chi connectivity index (χ4v) is 2.08. The molecule has 0 spiro atoms. The lowest BCUT2D eigenvalue weighted by atomic mass is 9.88. The molecule has 2 heteroatoms. The van der Waals surface area contributed by atoms with Gasteiger partial charge in [-0.3, -0.25) is 0 Å². The first-order valence-electron chi connectivity index (χ1n) is 5.55. The average Bonchev–Trinajstić information content (AvgIpc) is 2.17. The molecule has 2 N–H and O–H groups in total. The zero-order chi connectivity index (χ0) is 11.4. The predicted octanol–water partition coefficient (Wildman–Crippen LogP) is 3.92. The van der Waals surface area contributed by atoms with Crippen LogP contribution in [-0.2, 0) is 0 Å². The Morgan fingerprint density at radius 3 is 2.40 bits per heavy atom. The Labute approximate surface area is 97.6 Å². The maximum atomic E-state index is 6.03. The molecule has 15 heavy (non-hydrogen) atoms. The van der Waals surface area contributed by atoms with Gasteiger partial charge in [0.25, 0.3) is 0 Å². The van der Waals surface area contributed by atoms with Crippen LogP contribution < -0.4 is 5.73 Å². The van der Waals surface area contributed by atoms with Crippen LogP contribution in [0.25, 0.3) is 0 Å². The van der Waals surface area contributed by atoms with Crippen molar-refractivity contribution in [2.24, 2.45) is 5.73 Å². The van der Waals surface area contributed by atoms with Crippen LogP contribution in [0.15, 0.2) is 18.2 Å². The summed E-state index contributed by atoms with van der Waals surface area (Å²) in [5.41, 5.74) is 8.34. The lowest BCUT2D eigenvalue weighted by Crippen LogP contribution is -2.07. The van der Waals surface area contributed by atoms with Gasteiger partial charge >= 0.3 is 0 Å². The summed E-state index contributed by atoms with van der Waals surface area (Å²) in [5, 5.41) is 0.818. The minimum Gasteiger partial charge on any atom is -0.330 e. The number of benzene rings is 1. The molecule has 1 unspecified atom stereocenters. The monoisotopic (exact) mass is 225 g/mol. The van der Waals surface area contributed by atoms with Crippen LogP contribution >= 0.6 is 11.6 Å². The molecule has 1 rings (SSSR count). The summed E-state index contributed by atoms with van der Waals surface area (Å²) < 4.78 is 0. The van der Waals surface area contributed by atoms with Gasteiger partial charge in [0, 0.05) is 5.02 Å². The lowest BCUT2D eigenvalue weighted by molar-refractivity contribution is 0.673. The largest absolute Gasteiger partial charge is 0.330 e. The molecule has 0 aliphatic rings. The van der Waals surface area contributed by atoms with Crippen molar-refractivity contribution in [1.29, 1.82) is 0 Å². The maximum absolute atomic E-state index is 6.03. The van der Waals surface area contributed by atoms with Crippen LogP contribution in [-0.4, -0.2) is 6.54 Å². The van der Waals surface area contributed by atoms with Gasteiger partial charge in [-0.25, -0.2) is 0 Å². The molecule has 1 nitrogen and oxygen atoms in total. The molecule has 84 valence electrons. The predicted molar refractivity (Wildman–Crippen MR) is 67.6 cm³/mol. The standard InChI is InChI=1S/C13H20ClN/c1-9(2)12-5-4-11(14)8-13(12)10(3)6-7-15/h4-5,8-10H,6-7,15H2,1-3H3. The quantitative estimate of drug-likeness (QED) is 0.826. The van der Waals surface area contributed by atoms with E-state index in [1.165, 1.54) is 11.1 Å². The minimum absolute atomic E-state index is 0.492. The molecule has 0 aliphatic carbocycles. The number of rotatable bonds is 4. The smallest absolute Gasteiger partial charge is 0.0409 e. The molecule has 1 aromatic rings. The van der Waals surface area contributed by atoms with Gasteiger partial charge in [-0.1, -0.05) is 38.4 Å². The van der Waals surface area contributed by atoms with E-state index < -0.39 is 0 Å². The topological polar surface area (TPSA) is 26.0 Å². The van der Waals surface area contributed by atoms with E-state index in [2.05, 4.69) is 32.9 Å². The molecule has 0 amide bonds. The highest BCUT2D eigenvalue weighted by Gasteiger charge is 2.12. The maximum Gasteiger partial charge on any atom is 0.0409 e. The molecule has 0 aliphatic heterocycles. The molecular weight excluding hydrogens is 206 g/mol. The van der Waals surface area contributed by atoms with E-state index in [0.717, 1.165) is 18.0 Å². The number of hydrogen-bond donors (Lipinski definition) is 1. The number of halogens is 1. The third-order valence-electron chi connectivity index (χ3n) is 2.80. The summed E-state index contributed by atoms with van der Waals surface area (Å²) in [4.78, 5) is 0. The lowest BCUT2D eigenvalue weighted by Gasteiger charge is -2.18. The Morgan fingerprint density at radius 1 is 1.20 bits per heavy atom. The van der Waals surface area contributed by atoms with Crippen molar-refractivity contribution in [3.8, 4) is 0 Å². The number of nitrogens with two attached hydrogens (primary N) is 1. The van der Waals surface area contributed by atoms with Crippen molar-refractivity contribution in [2.45, 2.75) is 39.0 Å². The molecule has 0 saturated heterocycles. The van der Waals surface area contributed by atoms with Crippen molar-refractivity contribution in [3.63, 3.8) is 0 Å². The van der Waals surface area contributed by atoms with Crippen LogP contribution in [0, 0.1) is 0 Å². The minimum atomic E-state index is 0.492. The third-order valence-corrected chi connectivity index (χ3v) is 3.04. The second kappa shape index (κ2) is 5.53. The van der Waals surface area contributed by atoms with Gasteiger partial charge in [0.1, 0.15) is 0 Å². The first kappa shape index (κ1) is 12.5. The summed E-state index contributed by atoms with van der Waals surface area (Å²) in [6.07, 6.45) is 1.01. The van der Waals surface area contributed by atoms with Gasteiger partial charge in [-0.15, -0.1) is 0 Å². The second-order valence-corrected chi connectivity index (χ2v) is 4.84. The van der Waals surface area contributed by atoms with Gasteiger partial charge in [-0.05, 0) is 48.1 Å². The normalized spacial score (nSPS) is 13.2. The van der Waals surface area contributed by atoms with E-state index in [1.807, 2.05) is 6.07 Å². The molecule has 0 aromatic heterocycles. The van der Waals surface area contributed by atoms with Crippen molar-refractivity contribution in [2.75, 3.05) is 6.54 Å². The zero-order valence-corrected chi connectivity index (χ0v) is 10.5. The SMILES string of the molecule is CC(C)c1ccc(Cl)cc1C(C)CCN. The highest BCUT2D eigenvalue weighted by atomic mass is 35.5. The first-order chi connectivity index (χ1) is 7.06. The van der Waals surface area contributed by atoms with Crippen molar-refractivity contribution < 1.29 is 0 Å². The average molecular weight is 226 g/mol. The summed E-state index contributed by atoms with van der Waals surface area (Å²) in [6, 6.07) is 6.18. The summed E-state index contributed by atoms with van der Waals surface area (Å²) in [5.74, 6) is 1.03. The highest BCUT2D eigenvalue weighted by Crippen LogP contribution is 2.30. The molecule has 0 heterocycles. The molecule has 0 saturated carbocycles. The van der Waals surface area contributed by atoms with Crippen molar-refractivity contribution in [3.05, 3.63) is 34.3 Å². The summed E-state index contributed by atoms with van der Waals surface area (Å²) in [7, 11) is 0. The van der Waals surface area contributed by atoms with E-state index in [9.17, 15) is 0 Å². The Bertz CT molecular complexity index is 320. The van der Waals surface area contributed by atoms with Crippen molar-refractivity contribution >= 4 is 11.6 Å². The summed E-state index contributed by atoms with van der Waals surface area (Å²) >= 11 is 6.03. The van der Waals surface area contributed by atoms with Gasteiger partial charge in [0.05, 0.1) is 0 Å². The van der Waals surface area contributed by atoms with E-state index in [-0.39, 0.29) is 0 Å². The van der Waals surface area contributed by atoms with Crippen LogP contribution in [0.1, 0.15) is 50.2 Å². The van der Waals surface area contributed by atoms with E-state index >= 15 is 0 Å². The Kier molecular flexibility index (Phi) is 4.62. The molecule has 0 bridgehead atoms. The molecule has 0 radical (unpaired) electrons. The van der Waals surface area contributed by atoms with Crippen molar-refractivity contribution in [1.82, 2.24) is 0 Å². The molecule has 0 fully saturated rings. The van der Waals surface area contributed by atoms with Gasteiger partial charge in [0.15, 0.2) is 0 Å². The molecular formula is C13H20ClN. The fourth-order valence-electron chi connectivity index (χ4n) is 1.90. The second-order valence-electron chi connectivity index (χ2n) is 4.41. The fraction of sp³-hybridized carbons (Fsp3) is 0.538. The Hall–Kier alpha value is -0.530. The van der Waals surface area contributed by atoms with Crippen LogP contribution in [0.2, 0.25) is 5.02 Å². The van der Waals surface area contributed by atoms with Crippen LogP contribution in [0.5, 0.6) is 0 Å². The highest BCUT2D eigenvalue weighted by molar-refractivity contribution is 6.30. The van der Waals surface area contributed by atoms with Gasteiger partial charge < -0.3 is 5.73 Å². The van der Waals surface area contributed by atoms with Crippen LogP contribution in [0.3, 0.4) is 0 Å². The van der Waals surface area contributed by atoms with Gasteiger partial charge in [-0.2, -0.15) is 0 Å². The zero-order valence-electron chi connectivity index (χ0n) is 9.76. The Morgan fingerprint density at radius 2 is 1.87 bits per heavy atom. The van der Waals surface area contributed by atoms with Gasteiger partial charge in [0.2, 0.25) is 0 Å². The summed E-state index contributed by atoms with van der Waals surface area (Å²) in [6.45, 7) is 7.36. The third kappa shape index (κ3) is 3.22.